The van der Waals surface area contributed by atoms with Gasteiger partial charge in [0.15, 0.2) is 0 Å². The molecule has 4 heteroatoms. The molecule has 0 N–H and O–H groups in total. The summed E-state index contributed by atoms with van der Waals surface area (Å²) in [6, 6.07) is 0. The van der Waals surface area contributed by atoms with E-state index in [0.717, 1.165) is 6.42 Å². The smallest absolute Gasteiger partial charge is 0.195 e. The largest absolute Gasteiger partial charge is 0.302 e. The van der Waals surface area contributed by atoms with Crippen molar-refractivity contribution in [3.05, 3.63) is 12.7 Å². The van der Waals surface area contributed by atoms with Crippen LogP contribution in [0.3, 0.4) is 0 Å². The number of allylic oxidation sites excluding steroid dienone is 1. The SMILES string of the molecule is C=CCCCCS(=O)(=O)F. The van der Waals surface area contributed by atoms with Gasteiger partial charge in [-0.2, -0.15) is 8.42 Å². The third-order valence-electron chi connectivity index (χ3n) is 1.05. The fraction of sp³-hybridized carbons (Fsp3) is 0.667. The molecule has 0 aromatic heterocycles. The Morgan fingerprint density at radius 1 is 1.40 bits per heavy atom. The van der Waals surface area contributed by atoms with Crippen molar-refractivity contribution in [2.75, 3.05) is 5.75 Å². The monoisotopic (exact) mass is 166 g/mol. The van der Waals surface area contributed by atoms with E-state index in [9.17, 15) is 12.3 Å². The maximum absolute atomic E-state index is 11.8. The Morgan fingerprint density at radius 3 is 2.40 bits per heavy atom. The Balaban J connectivity index is 3.29. The van der Waals surface area contributed by atoms with Crippen LogP contribution in [0.4, 0.5) is 3.89 Å². The average Bonchev–Trinajstić information content (AvgIpc) is 1.78. The molecule has 0 heterocycles. The molecule has 0 radical (unpaired) electrons. The molecule has 0 bridgehead atoms. The summed E-state index contributed by atoms with van der Waals surface area (Å²) in [6.07, 6.45) is 3.50. The summed E-state index contributed by atoms with van der Waals surface area (Å²) in [5.41, 5.74) is 0. The molecule has 0 aromatic rings. The summed E-state index contributed by atoms with van der Waals surface area (Å²) >= 11 is 0. The number of halogens is 1. The van der Waals surface area contributed by atoms with E-state index in [2.05, 4.69) is 6.58 Å². The molecule has 0 atom stereocenters. The zero-order chi connectivity index (χ0) is 8.04. The molecule has 0 spiro atoms. The normalized spacial score (nSPS) is 11.3. The van der Waals surface area contributed by atoms with E-state index >= 15 is 0 Å². The zero-order valence-corrected chi connectivity index (χ0v) is 6.53. The van der Waals surface area contributed by atoms with E-state index in [-0.39, 0.29) is 5.75 Å². The maximum atomic E-state index is 11.8. The molecule has 0 amide bonds. The van der Waals surface area contributed by atoms with Crippen molar-refractivity contribution in [3.63, 3.8) is 0 Å². The molecule has 0 aliphatic heterocycles. The molecular weight excluding hydrogens is 155 g/mol. The van der Waals surface area contributed by atoms with Gasteiger partial charge in [-0.15, -0.1) is 10.5 Å². The Hall–Kier alpha value is -0.380. The summed E-state index contributed by atoms with van der Waals surface area (Å²) in [5.74, 6) is -0.360. The highest BCUT2D eigenvalue weighted by molar-refractivity contribution is 7.86. The molecule has 0 saturated carbocycles. The average molecular weight is 166 g/mol. The first-order chi connectivity index (χ1) is 4.56. The standard InChI is InChI=1S/C6H11FO2S/c1-2-3-4-5-6-10(7,8)9/h2H,1,3-6H2. The highest BCUT2D eigenvalue weighted by atomic mass is 32.3. The number of hydrogen-bond donors (Lipinski definition) is 0. The summed E-state index contributed by atoms with van der Waals surface area (Å²) in [7, 11) is -4.24. The van der Waals surface area contributed by atoms with E-state index in [1.54, 1.807) is 6.08 Å². The van der Waals surface area contributed by atoms with E-state index in [1.807, 2.05) is 0 Å². The van der Waals surface area contributed by atoms with Gasteiger partial charge < -0.3 is 0 Å². The van der Waals surface area contributed by atoms with Crippen LogP contribution in [-0.2, 0) is 10.2 Å². The van der Waals surface area contributed by atoms with Gasteiger partial charge in [-0.1, -0.05) is 6.08 Å². The molecule has 0 aliphatic rings. The molecule has 0 aromatic carbocycles. The van der Waals surface area contributed by atoms with Gasteiger partial charge in [-0.25, -0.2) is 0 Å². The number of rotatable bonds is 5. The first-order valence-corrected chi connectivity index (χ1v) is 4.65. The number of unbranched alkanes of at least 4 members (excludes halogenated alkanes) is 2. The highest BCUT2D eigenvalue weighted by Crippen LogP contribution is 2.00. The fourth-order valence-corrected chi connectivity index (χ4v) is 1.11. The van der Waals surface area contributed by atoms with Crippen LogP contribution in [0, 0.1) is 0 Å². The van der Waals surface area contributed by atoms with Crippen molar-refractivity contribution in [1.82, 2.24) is 0 Å². The van der Waals surface area contributed by atoms with E-state index < -0.39 is 10.2 Å². The maximum Gasteiger partial charge on any atom is 0.302 e. The van der Waals surface area contributed by atoms with E-state index in [0.29, 0.717) is 12.8 Å². The van der Waals surface area contributed by atoms with Gasteiger partial charge in [0.2, 0.25) is 0 Å². The molecule has 0 saturated heterocycles. The Bertz CT molecular complexity index is 184. The highest BCUT2D eigenvalue weighted by Gasteiger charge is 2.04. The summed E-state index contributed by atoms with van der Waals surface area (Å²) in [5, 5.41) is 0. The fourth-order valence-electron chi connectivity index (χ4n) is 0.563. The van der Waals surface area contributed by atoms with E-state index in [4.69, 9.17) is 0 Å². The summed E-state index contributed by atoms with van der Waals surface area (Å²) in [4.78, 5) is 0. The Kier molecular flexibility index (Phi) is 4.27. The molecule has 60 valence electrons. The topological polar surface area (TPSA) is 34.1 Å². The van der Waals surface area contributed by atoms with Gasteiger partial charge in [-0.05, 0) is 19.3 Å². The van der Waals surface area contributed by atoms with Crippen molar-refractivity contribution in [2.24, 2.45) is 0 Å². The Labute approximate surface area is 61.0 Å². The van der Waals surface area contributed by atoms with Crippen LogP contribution in [0.5, 0.6) is 0 Å². The van der Waals surface area contributed by atoms with Crippen LogP contribution >= 0.6 is 0 Å². The van der Waals surface area contributed by atoms with Crippen molar-refractivity contribution < 1.29 is 12.3 Å². The first-order valence-electron chi connectivity index (χ1n) is 3.09. The second-order valence-corrected chi connectivity index (χ2v) is 3.51. The van der Waals surface area contributed by atoms with Gasteiger partial charge in [0.05, 0.1) is 5.75 Å². The molecular formula is C6H11FO2S. The van der Waals surface area contributed by atoms with Gasteiger partial charge >= 0.3 is 10.2 Å². The summed E-state index contributed by atoms with van der Waals surface area (Å²) < 4.78 is 31.6. The Morgan fingerprint density at radius 2 is 2.00 bits per heavy atom. The second kappa shape index (κ2) is 4.44. The lowest BCUT2D eigenvalue weighted by Crippen LogP contribution is -1.97. The molecule has 0 rings (SSSR count). The third kappa shape index (κ3) is 7.62. The van der Waals surface area contributed by atoms with Crippen molar-refractivity contribution in [3.8, 4) is 0 Å². The number of hydrogen-bond acceptors (Lipinski definition) is 2. The van der Waals surface area contributed by atoms with Gasteiger partial charge in [0.1, 0.15) is 0 Å². The second-order valence-electron chi connectivity index (χ2n) is 2.03. The lowest BCUT2D eigenvalue weighted by molar-refractivity contribution is 0.548. The van der Waals surface area contributed by atoms with Gasteiger partial charge in [0.25, 0.3) is 0 Å². The van der Waals surface area contributed by atoms with Gasteiger partial charge in [-0.3, -0.25) is 0 Å². The molecule has 10 heavy (non-hydrogen) atoms. The summed E-state index contributed by atoms with van der Waals surface area (Å²) in [6.45, 7) is 3.45. The third-order valence-corrected chi connectivity index (χ3v) is 1.82. The van der Waals surface area contributed by atoms with Crippen LogP contribution in [0.1, 0.15) is 19.3 Å². The molecule has 0 aliphatic carbocycles. The molecule has 2 nitrogen and oxygen atoms in total. The lowest BCUT2D eigenvalue weighted by Gasteiger charge is -1.91. The predicted molar refractivity (Wildman–Crippen MR) is 38.9 cm³/mol. The van der Waals surface area contributed by atoms with Crippen molar-refractivity contribution in [2.45, 2.75) is 19.3 Å². The van der Waals surface area contributed by atoms with Crippen LogP contribution < -0.4 is 0 Å². The predicted octanol–water partition coefficient (Wildman–Crippen LogP) is 1.64. The minimum absolute atomic E-state index is 0.360. The van der Waals surface area contributed by atoms with Crippen molar-refractivity contribution >= 4 is 10.2 Å². The van der Waals surface area contributed by atoms with Crippen molar-refractivity contribution in [1.29, 1.82) is 0 Å². The lowest BCUT2D eigenvalue weighted by atomic mass is 10.2. The first kappa shape index (κ1) is 9.62. The van der Waals surface area contributed by atoms with E-state index in [1.165, 1.54) is 0 Å². The van der Waals surface area contributed by atoms with Crippen LogP contribution in [0.2, 0.25) is 0 Å². The van der Waals surface area contributed by atoms with Crippen LogP contribution in [0.25, 0.3) is 0 Å². The zero-order valence-electron chi connectivity index (χ0n) is 5.72. The van der Waals surface area contributed by atoms with Crippen LogP contribution in [0.15, 0.2) is 12.7 Å². The minimum atomic E-state index is -4.24. The quantitative estimate of drug-likeness (QED) is 0.353. The van der Waals surface area contributed by atoms with Gasteiger partial charge in [0, 0.05) is 0 Å². The van der Waals surface area contributed by atoms with Crippen LogP contribution in [-0.4, -0.2) is 14.2 Å². The molecule has 0 unspecified atom stereocenters. The minimum Gasteiger partial charge on any atom is -0.195 e. The molecule has 0 fully saturated rings.